The number of benzene rings is 1. The van der Waals surface area contributed by atoms with Gasteiger partial charge in [-0.05, 0) is 11.6 Å². The van der Waals surface area contributed by atoms with Crippen LogP contribution in [0.2, 0.25) is 0 Å². The van der Waals surface area contributed by atoms with Gasteiger partial charge in [-0.15, -0.1) is 11.8 Å². The number of halogens is 3. The fourth-order valence-corrected chi connectivity index (χ4v) is 3.96. The molecular formula is C17H25F3N2S. The van der Waals surface area contributed by atoms with Gasteiger partial charge in [0.2, 0.25) is 0 Å². The van der Waals surface area contributed by atoms with Crippen LogP contribution in [-0.4, -0.2) is 42.0 Å². The molecule has 1 atom stereocenters. The van der Waals surface area contributed by atoms with Gasteiger partial charge in [-0.3, -0.25) is 4.90 Å². The molecule has 2 rings (SSSR count). The number of nitrogens with one attached hydrogen (secondary N) is 1. The van der Waals surface area contributed by atoms with E-state index in [1.54, 1.807) is 11.8 Å². The lowest BCUT2D eigenvalue weighted by Crippen LogP contribution is -2.46. The second kappa shape index (κ2) is 7.45. The van der Waals surface area contributed by atoms with E-state index in [9.17, 15) is 13.2 Å². The molecule has 0 bridgehead atoms. The van der Waals surface area contributed by atoms with Crippen molar-refractivity contribution in [3.8, 4) is 0 Å². The van der Waals surface area contributed by atoms with Gasteiger partial charge in [0.05, 0.1) is 6.42 Å². The first-order valence-electron chi connectivity index (χ1n) is 7.95. The topological polar surface area (TPSA) is 15.3 Å². The minimum atomic E-state index is -4.17. The van der Waals surface area contributed by atoms with Gasteiger partial charge < -0.3 is 5.32 Å². The average Bonchev–Trinajstić information content (AvgIpc) is 2.44. The van der Waals surface area contributed by atoms with Crippen LogP contribution in [-0.2, 0) is 0 Å². The van der Waals surface area contributed by atoms with E-state index < -0.39 is 18.6 Å². The van der Waals surface area contributed by atoms with Gasteiger partial charge >= 0.3 is 6.18 Å². The Bertz CT molecular complexity index is 505. The molecule has 0 aromatic heterocycles. The summed E-state index contributed by atoms with van der Waals surface area (Å²) in [5.74, 6) is 0. The Morgan fingerprint density at radius 1 is 1.13 bits per heavy atom. The van der Waals surface area contributed by atoms with Gasteiger partial charge in [-0.25, -0.2) is 0 Å². The molecule has 1 saturated heterocycles. The highest BCUT2D eigenvalue weighted by Gasteiger charge is 2.37. The molecule has 0 radical (unpaired) electrons. The Hall–Kier alpha value is -0.720. The highest BCUT2D eigenvalue weighted by Crippen LogP contribution is 2.41. The third-order valence-corrected chi connectivity index (χ3v) is 4.92. The molecule has 1 heterocycles. The van der Waals surface area contributed by atoms with Crippen molar-refractivity contribution in [2.45, 2.75) is 49.1 Å². The van der Waals surface area contributed by atoms with Crippen LogP contribution in [0.3, 0.4) is 0 Å². The molecule has 130 valence electrons. The van der Waals surface area contributed by atoms with Gasteiger partial charge in [0.15, 0.2) is 0 Å². The summed E-state index contributed by atoms with van der Waals surface area (Å²) in [5, 5.41) is 3.21. The molecule has 1 aliphatic rings. The summed E-state index contributed by atoms with van der Waals surface area (Å²) in [7, 11) is 0. The van der Waals surface area contributed by atoms with Crippen molar-refractivity contribution in [3.05, 3.63) is 29.8 Å². The predicted molar refractivity (Wildman–Crippen MR) is 89.9 cm³/mol. The maximum atomic E-state index is 13.2. The molecule has 1 N–H and O–H groups in total. The van der Waals surface area contributed by atoms with Gasteiger partial charge in [0.1, 0.15) is 0 Å². The molecule has 1 fully saturated rings. The van der Waals surface area contributed by atoms with Crippen molar-refractivity contribution in [2.24, 2.45) is 0 Å². The van der Waals surface area contributed by atoms with Crippen LogP contribution >= 0.6 is 11.8 Å². The summed E-state index contributed by atoms with van der Waals surface area (Å²) in [4.78, 5) is 2.92. The minimum absolute atomic E-state index is 0.0393. The molecule has 1 aromatic carbocycles. The molecule has 1 aromatic rings. The van der Waals surface area contributed by atoms with E-state index in [1.165, 1.54) is 0 Å². The minimum Gasteiger partial charge on any atom is -0.314 e. The predicted octanol–water partition coefficient (Wildman–Crippen LogP) is 4.48. The molecule has 0 amide bonds. The smallest absolute Gasteiger partial charge is 0.314 e. The van der Waals surface area contributed by atoms with Crippen LogP contribution in [0.5, 0.6) is 0 Å². The Kier molecular flexibility index (Phi) is 6.03. The zero-order chi connectivity index (χ0) is 17.1. The summed E-state index contributed by atoms with van der Waals surface area (Å²) in [6, 6.07) is 6.93. The molecule has 0 aliphatic carbocycles. The van der Waals surface area contributed by atoms with Crippen LogP contribution < -0.4 is 5.32 Å². The van der Waals surface area contributed by atoms with Crippen molar-refractivity contribution < 1.29 is 13.2 Å². The van der Waals surface area contributed by atoms with E-state index in [0.29, 0.717) is 13.1 Å². The van der Waals surface area contributed by atoms with Crippen molar-refractivity contribution in [3.63, 3.8) is 0 Å². The third-order valence-electron chi connectivity index (χ3n) is 3.71. The van der Waals surface area contributed by atoms with E-state index in [4.69, 9.17) is 0 Å². The average molecular weight is 346 g/mol. The van der Waals surface area contributed by atoms with Crippen LogP contribution in [0.15, 0.2) is 29.2 Å². The Morgan fingerprint density at radius 2 is 1.74 bits per heavy atom. The largest absolute Gasteiger partial charge is 0.390 e. The molecule has 1 aliphatic heterocycles. The van der Waals surface area contributed by atoms with E-state index in [2.05, 4.69) is 26.1 Å². The fraction of sp³-hybridized carbons (Fsp3) is 0.647. The molecule has 0 spiro atoms. The number of nitrogens with zero attached hydrogens (tertiary/aromatic N) is 1. The lowest BCUT2D eigenvalue weighted by atomic mass is 10.0. The number of piperazine rings is 1. The second-order valence-corrected chi connectivity index (χ2v) is 8.74. The first-order valence-corrected chi connectivity index (χ1v) is 8.77. The van der Waals surface area contributed by atoms with E-state index in [0.717, 1.165) is 23.5 Å². The summed E-state index contributed by atoms with van der Waals surface area (Å²) in [5.41, 5.74) is 0.798. The van der Waals surface area contributed by atoms with Crippen LogP contribution in [0.1, 0.15) is 38.8 Å². The molecule has 0 unspecified atom stereocenters. The number of hydrogen-bond donors (Lipinski definition) is 1. The van der Waals surface area contributed by atoms with Crippen LogP contribution in [0.4, 0.5) is 13.2 Å². The van der Waals surface area contributed by atoms with Crippen molar-refractivity contribution in [1.82, 2.24) is 10.2 Å². The second-order valence-electron chi connectivity index (χ2n) is 6.87. The third kappa shape index (κ3) is 6.01. The maximum Gasteiger partial charge on any atom is 0.390 e. The fourth-order valence-electron chi connectivity index (χ4n) is 2.83. The highest BCUT2D eigenvalue weighted by molar-refractivity contribution is 8.00. The van der Waals surface area contributed by atoms with Crippen LogP contribution in [0.25, 0.3) is 0 Å². The zero-order valence-corrected chi connectivity index (χ0v) is 14.7. The molecule has 23 heavy (non-hydrogen) atoms. The summed E-state index contributed by atoms with van der Waals surface area (Å²) in [6.07, 6.45) is -4.97. The standard InChI is InChI=1S/C17H25F3N2S/c1-16(2,3)23-15-7-5-4-6-13(15)14(12-17(18,19)20)22-10-8-21-9-11-22/h4-7,14,21H,8-12H2,1-3H3/t14-/m1/s1. The van der Waals surface area contributed by atoms with Gasteiger partial charge in [0.25, 0.3) is 0 Å². The lowest BCUT2D eigenvalue weighted by Gasteiger charge is -2.37. The monoisotopic (exact) mass is 346 g/mol. The first kappa shape index (κ1) is 18.6. The Labute approximate surface area is 140 Å². The lowest BCUT2D eigenvalue weighted by molar-refractivity contribution is -0.149. The summed E-state index contributed by atoms with van der Waals surface area (Å²) in [6.45, 7) is 9.02. The van der Waals surface area contributed by atoms with Crippen LogP contribution in [0, 0.1) is 0 Å². The van der Waals surface area contributed by atoms with Gasteiger partial charge in [-0.2, -0.15) is 13.2 Å². The number of thioether (sulfide) groups is 1. The van der Waals surface area contributed by atoms with Crippen molar-refractivity contribution in [1.29, 1.82) is 0 Å². The summed E-state index contributed by atoms with van der Waals surface area (Å²) >= 11 is 1.64. The highest BCUT2D eigenvalue weighted by atomic mass is 32.2. The number of rotatable bonds is 4. The van der Waals surface area contributed by atoms with E-state index in [-0.39, 0.29) is 4.75 Å². The molecular weight excluding hydrogens is 321 g/mol. The van der Waals surface area contributed by atoms with E-state index >= 15 is 0 Å². The van der Waals surface area contributed by atoms with Gasteiger partial charge in [0, 0.05) is 41.9 Å². The quantitative estimate of drug-likeness (QED) is 0.810. The zero-order valence-electron chi connectivity index (χ0n) is 13.9. The van der Waals surface area contributed by atoms with Gasteiger partial charge in [-0.1, -0.05) is 39.0 Å². The summed E-state index contributed by atoms with van der Waals surface area (Å²) < 4.78 is 39.5. The van der Waals surface area contributed by atoms with Crippen molar-refractivity contribution >= 4 is 11.8 Å². The maximum absolute atomic E-state index is 13.2. The van der Waals surface area contributed by atoms with E-state index in [1.807, 2.05) is 29.2 Å². The Balaban J connectivity index is 2.34. The Morgan fingerprint density at radius 3 is 2.30 bits per heavy atom. The number of hydrogen-bond acceptors (Lipinski definition) is 3. The van der Waals surface area contributed by atoms with Crippen molar-refractivity contribution in [2.75, 3.05) is 26.2 Å². The molecule has 0 saturated carbocycles. The number of alkyl halides is 3. The molecule has 6 heteroatoms. The normalized spacial score (nSPS) is 18.9. The first-order chi connectivity index (χ1) is 10.7. The molecule has 2 nitrogen and oxygen atoms in total. The SMILES string of the molecule is CC(C)(C)Sc1ccccc1[C@@H](CC(F)(F)F)N1CCNCC1.